The summed E-state index contributed by atoms with van der Waals surface area (Å²) in [6, 6.07) is 10.8. The number of benzene rings is 2. The molecule has 0 aliphatic rings. The Bertz CT molecular complexity index is 861. The van der Waals surface area contributed by atoms with Crippen molar-refractivity contribution in [2.24, 2.45) is 0 Å². The Morgan fingerprint density at radius 2 is 1.71 bits per heavy atom. The van der Waals surface area contributed by atoms with E-state index in [0.29, 0.717) is 32.5 Å². The Morgan fingerprint density at radius 3 is 2.35 bits per heavy atom. The second kappa shape index (κ2) is 15.4. The van der Waals surface area contributed by atoms with Gasteiger partial charge in [-0.1, -0.05) is 56.9 Å². The van der Waals surface area contributed by atoms with Crippen LogP contribution in [0.3, 0.4) is 0 Å². The summed E-state index contributed by atoms with van der Waals surface area (Å²) in [5.41, 5.74) is 2.13. The Labute approximate surface area is 202 Å². The molecule has 2 amide bonds. The predicted molar refractivity (Wildman–Crippen MR) is 132 cm³/mol. The number of urea groups is 1. The molecule has 2 N–H and O–H groups in total. The average molecular weight is 477 g/mol. The molecule has 2 rings (SSSR count). The van der Waals surface area contributed by atoms with Crippen LogP contribution in [0.2, 0.25) is 0 Å². The minimum Gasteiger partial charge on any atom is -0.394 e. The quantitative estimate of drug-likeness (QED) is 0.312. The van der Waals surface area contributed by atoms with Crippen LogP contribution in [0, 0.1) is 11.6 Å². The van der Waals surface area contributed by atoms with Crippen LogP contribution in [0.25, 0.3) is 0 Å². The van der Waals surface area contributed by atoms with Crippen molar-refractivity contribution in [2.45, 2.75) is 64.9 Å². The van der Waals surface area contributed by atoms with Gasteiger partial charge in [0.15, 0.2) is 0 Å². The number of rotatable bonds is 15. The number of unbranched alkanes of at least 4 members (excludes halogenated alkanes) is 4. The number of amides is 2. The van der Waals surface area contributed by atoms with Gasteiger partial charge in [-0.25, -0.2) is 13.6 Å². The van der Waals surface area contributed by atoms with E-state index in [-0.39, 0.29) is 24.4 Å². The van der Waals surface area contributed by atoms with Crippen LogP contribution in [0.5, 0.6) is 0 Å². The van der Waals surface area contributed by atoms with Crippen LogP contribution < -0.4 is 5.32 Å². The first kappa shape index (κ1) is 27.7. The zero-order valence-corrected chi connectivity index (χ0v) is 20.4. The molecule has 0 unspecified atom stereocenters. The molecular weight excluding hydrogens is 438 g/mol. The summed E-state index contributed by atoms with van der Waals surface area (Å²) < 4.78 is 32.7. The number of aliphatic hydroxyl groups excluding tert-OH is 1. The number of halogens is 2. The Kier molecular flexibility index (Phi) is 12.6. The first-order chi connectivity index (χ1) is 16.5. The molecule has 0 radical (unpaired) electrons. The minimum atomic E-state index is -0.792. The van der Waals surface area contributed by atoms with E-state index in [9.17, 15) is 18.7 Å². The van der Waals surface area contributed by atoms with Gasteiger partial charge in [-0.15, -0.1) is 0 Å². The third-order valence-electron chi connectivity index (χ3n) is 5.75. The highest BCUT2D eigenvalue weighted by Gasteiger charge is 2.16. The van der Waals surface area contributed by atoms with Gasteiger partial charge in [0.05, 0.1) is 18.4 Å². The molecule has 34 heavy (non-hydrogen) atoms. The SMILES string of the molecule is CCCCCCCN(CCc1ccc(C[C@@H](CO)OCC)cc1)C(=O)Nc1ccc(F)cc1F. The standard InChI is InChI=1S/C27H38F2N2O3/c1-3-5-6-7-8-16-31(27(33)30-26-14-13-23(28)19-25(26)29)17-15-21-9-11-22(12-10-21)18-24(20-32)34-4-2/h9-14,19,24,32H,3-8,15-18,20H2,1-2H3,(H,30,33)/t24-/m0/s1. The number of hydrogen-bond donors (Lipinski definition) is 2. The molecule has 0 saturated heterocycles. The van der Waals surface area contributed by atoms with Gasteiger partial charge in [0.25, 0.3) is 0 Å². The van der Waals surface area contributed by atoms with E-state index in [4.69, 9.17) is 4.74 Å². The maximum Gasteiger partial charge on any atom is 0.321 e. The van der Waals surface area contributed by atoms with Crippen LogP contribution >= 0.6 is 0 Å². The Hall–Kier alpha value is -2.51. The Morgan fingerprint density at radius 1 is 1.00 bits per heavy atom. The van der Waals surface area contributed by atoms with E-state index < -0.39 is 11.6 Å². The van der Waals surface area contributed by atoms with Gasteiger partial charge >= 0.3 is 6.03 Å². The van der Waals surface area contributed by atoms with Crippen molar-refractivity contribution in [3.05, 3.63) is 65.2 Å². The number of hydrogen-bond acceptors (Lipinski definition) is 3. The van der Waals surface area contributed by atoms with Crippen LogP contribution in [-0.2, 0) is 17.6 Å². The zero-order valence-electron chi connectivity index (χ0n) is 20.4. The fraction of sp³-hybridized carbons (Fsp3) is 0.519. The van der Waals surface area contributed by atoms with Crippen LogP contribution in [-0.4, -0.2) is 48.4 Å². The van der Waals surface area contributed by atoms with Gasteiger partial charge in [-0.2, -0.15) is 0 Å². The molecule has 0 aliphatic heterocycles. The molecule has 188 valence electrons. The summed E-state index contributed by atoms with van der Waals surface area (Å²) in [5, 5.41) is 12.0. The van der Waals surface area contributed by atoms with E-state index in [1.54, 1.807) is 4.90 Å². The summed E-state index contributed by atoms with van der Waals surface area (Å²) in [6.07, 6.45) is 6.42. The molecular formula is C27H38F2N2O3. The lowest BCUT2D eigenvalue weighted by Crippen LogP contribution is -2.37. The second-order valence-electron chi connectivity index (χ2n) is 8.49. The summed E-state index contributed by atoms with van der Waals surface area (Å²) in [4.78, 5) is 14.6. The molecule has 0 aromatic heterocycles. The number of ether oxygens (including phenoxy) is 1. The fourth-order valence-corrected chi connectivity index (χ4v) is 3.79. The summed E-state index contributed by atoms with van der Waals surface area (Å²) in [6.45, 7) is 5.65. The normalized spacial score (nSPS) is 11.9. The van der Waals surface area contributed by atoms with Gasteiger partial charge in [-0.05, 0) is 43.0 Å². The molecule has 0 bridgehead atoms. The maximum atomic E-state index is 14.0. The number of nitrogens with one attached hydrogen (secondary N) is 1. The van der Waals surface area contributed by atoms with E-state index in [1.165, 1.54) is 12.5 Å². The lowest BCUT2D eigenvalue weighted by molar-refractivity contribution is 0.0207. The van der Waals surface area contributed by atoms with Crippen LogP contribution in [0.1, 0.15) is 57.1 Å². The molecule has 0 heterocycles. The van der Waals surface area contributed by atoms with E-state index >= 15 is 0 Å². The molecule has 0 fully saturated rings. The number of carbonyl (C=O) groups excluding carboxylic acids is 1. The minimum absolute atomic E-state index is 0.0213. The summed E-state index contributed by atoms with van der Waals surface area (Å²) in [7, 11) is 0. The average Bonchev–Trinajstić information content (AvgIpc) is 2.83. The van der Waals surface area contributed by atoms with Crippen molar-refractivity contribution >= 4 is 11.7 Å². The highest BCUT2D eigenvalue weighted by atomic mass is 19.1. The van der Waals surface area contributed by atoms with Crippen molar-refractivity contribution < 1.29 is 23.4 Å². The van der Waals surface area contributed by atoms with Crippen molar-refractivity contribution in [1.82, 2.24) is 4.90 Å². The van der Waals surface area contributed by atoms with E-state index in [0.717, 1.165) is 48.9 Å². The lowest BCUT2D eigenvalue weighted by atomic mass is 10.0. The largest absolute Gasteiger partial charge is 0.394 e. The highest BCUT2D eigenvalue weighted by Crippen LogP contribution is 2.17. The van der Waals surface area contributed by atoms with Crippen molar-refractivity contribution in [2.75, 3.05) is 31.6 Å². The topological polar surface area (TPSA) is 61.8 Å². The van der Waals surface area contributed by atoms with Gasteiger partial charge in [0, 0.05) is 32.2 Å². The predicted octanol–water partition coefficient (Wildman–Crippen LogP) is 5.95. The Balaban J connectivity index is 1.97. The van der Waals surface area contributed by atoms with Gasteiger partial charge in [0.1, 0.15) is 11.6 Å². The second-order valence-corrected chi connectivity index (χ2v) is 8.49. The molecule has 0 saturated carbocycles. The van der Waals surface area contributed by atoms with Gasteiger partial charge in [0.2, 0.25) is 0 Å². The zero-order chi connectivity index (χ0) is 24.8. The molecule has 0 aliphatic carbocycles. The van der Waals surface area contributed by atoms with Crippen LogP contribution in [0.4, 0.5) is 19.3 Å². The summed E-state index contributed by atoms with van der Waals surface area (Å²) >= 11 is 0. The van der Waals surface area contributed by atoms with Gasteiger partial charge in [-0.3, -0.25) is 0 Å². The molecule has 2 aromatic carbocycles. The smallest absolute Gasteiger partial charge is 0.321 e. The first-order valence-corrected chi connectivity index (χ1v) is 12.3. The van der Waals surface area contributed by atoms with E-state index in [1.807, 2.05) is 31.2 Å². The third kappa shape index (κ3) is 9.77. The van der Waals surface area contributed by atoms with Crippen molar-refractivity contribution in [1.29, 1.82) is 0 Å². The number of nitrogens with zero attached hydrogens (tertiary/aromatic N) is 1. The van der Waals surface area contributed by atoms with Gasteiger partial charge < -0.3 is 20.1 Å². The summed E-state index contributed by atoms with van der Waals surface area (Å²) in [5.74, 6) is -1.47. The van der Waals surface area contributed by atoms with Crippen molar-refractivity contribution in [3.8, 4) is 0 Å². The molecule has 1 atom stereocenters. The number of carbonyl (C=O) groups is 1. The highest BCUT2D eigenvalue weighted by molar-refractivity contribution is 5.89. The van der Waals surface area contributed by atoms with E-state index in [2.05, 4.69) is 12.2 Å². The molecule has 5 nitrogen and oxygen atoms in total. The maximum absolute atomic E-state index is 14.0. The van der Waals surface area contributed by atoms with Crippen LogP contribution in [0.15, 0.2) is 42.5 Å². The van der Waals surface area contributed by atoms with Crippen molar-refractivity contribution in [3.63, 3.8) is 0 Å². The molecule has 0 spiro atoms. The monoisotopic (exact) mass is 476 g/mol. The molecule has 2 aromatic rings. The first-order valence-electron chi connectivity index (χ1n) is 12.3. The fourth-order valence-electron chi connectivity index (χ4n) is 3.79. The lowest BCUT2D eigenvalue weighted by Gasteiger charge is -2.23. The molecule has 7 heteroatoms. The number of anilines is 1. The third-order valence-corrected chi connectivity index (χ3v) is 5.75. The number of aliphatic hydroxyl groups is 1.